The SMILES string of the molecule is CCN(CC)CC(O)CNc1ncnc2c1ncn2Cc1ccc(S(N)(=O)=O)cc1.Cl. The van der Waals surface area contributed by atoms with Gasteiger partial charge in [0.05, 0.1) is 23.9 Å². The van der Waals surface area contributed by atoms with Crippen LogP contribution in [0.1, 0.15) is 19.4 Å². The summed E-state index contributed by atoms with van der Waals surface area (Å²) in [5.41, 5.74) is 2.12. The van der Waals surface area contributed by atoms with E-state index in [0.717, 1.165) is 18.7 Å². The molecule has 0 aliphatic rings. The van der Waals surface area contributed by atoms with Crippen molar-refractivity contribution in [1.29, 1.82) is 0 Å². The van der Waals surface area contributed by atoms with E-state index < -0.39 is 16.1 Å². The number of aliphatic hydroxyl groups excluding tert-OH is 1. The van der Waals surface area contributed by atoms with E-state index in [2.05, 4.69) is 39.0 Å². The Bertz CT molecular complexity index is 1090. The Hall–Kier alpha value is -2.31. The predicted molar refractivity (Wildman–Crippen MR) is 122 cm³/mol. The van der Waals surface area contributed by atoms with E-state index in [1.165, 1.54) is 18.5 Å². The lowest BCUT2D eigenvalue weighted by Gasteiger charge is -2.22. The van der Waals surface area contributed by atoms with Crippen LogP contribution in [0.25, 0.3) is 11.2 Å². The number of nitrogens with one attached hydrogen (secondary N) is 1. The van der Waals surface area contributed by atoms with Crippen LogP contribution in [0.2, 0.25) is 0 Å². The Labute approximate surface area is 188 Å². The zero-order valence-corrected chi connectivity index (χ0v) is 19.1. The number of primary sulfonamides is 1. The number of likely N-dealkylation sites (N-methyl/N-ethyl adjacent to an activating group) is 1. The molecule has 4 N–H and O–H groups in total. The van der Waals surface area contributed by atoms with Crippen LogP contribution in [0.3, 0.4) is 0 Å². The van der Waals surface area contributed by atoms with Crippen molar-refractivity contribution in [2.75, 3.05) is 31.5 Å². The van der Waals surface area contributed by atoms with Crippen molar-refractivity contribution in [3.05, 3.63) is 42.5 Å². The van der Waals surface area contributed by atoms with E-state index in [1.54, 1.807) is 18.5 Å². The second kappa shape index (κ2) is 10.8. The molecular formula is C19H28ClN7O3S. The summed E-state index contributed by atoms with van der Waals surface area (Å²) in [5, 5.41) is 18.6. The number of fused-ring (bicyclic) bond motifs is 1. The molecule has 170 valence electrons. The fourth-order valence-electron chi connectivity index (χ4n) is 3.17. The Kier molecular flexibility index (Phi) is 8.71. The van der Waals surface area contributed by atoms with E-state index >= 15 is 0 Å². The second-order valence-corrected chi connectivity index (χ2v) is 8.54. The Morgan fingerprint density at radius 1 is 1.16 bits per heavy atom. The summed E-state index contributed by atoms with van der Waals surface area (Å²) in [6, 6.07) is 6.36. The highest BCUT2D eigenvalue weighted by atomic mass is 35.5. The van der Waals surface area contributed by atoms with E-state index in [-0.39, 0.29) is 17.3 Å². The average molecular weight is 470 g/mol. The van der Waals surface area contributed by atoms with Crippen LogP contribution in [0.4, 0.5) is 5.82 Å². The van der Waals surface area contributed by atoms with Crippen molar-refractivity contribution in [2.24, 2.45) is 5.14 Å². The summed E-state index contributed by atoms with van der Waals surface area (Å²) in [7, 11) is -3.72. The molecular weight excluding hydrogens is 442 g/mol. The Morgan fingerprint density at radius 2 is 1.84 bits per heavy atom. The fraction of sp³-hybridized carbons (Fsp3) is 0.421. The Morgan fingerprint density at radius 3 is 2.45 bits per heavy atom. The number of halogens is 1. The van der Waals surface area contributed by atoms with Crippen LogP contribution in [0, 0.1) is 0 Å². The number of rotatable bonds is 10. The number of hydrogen-bond acceptors (Lipinski definition) is 8. The molecule has 1 atom stereocenters. The van der Waals surface area contributed by atoms with Crippen molar-refractivity contribution >= 4 is 39.4 Å². The molecule has 3 aromatic rings. The highest BCUT2D eigenvalue weighted by molar-refractivity contribution is 7.89. The molecule has 1 unspecified atom stereocenters. The van der Waals surface area contributed by atoms with Gasteiger partial charge in [-0.15, -0.1) is 12.4 Å². The predicted octanol–water partition coefficient (Wildman–Crippen LogP) is 1.06. The van der Waals surface area contributed by atoms with E-state index in [1.807, 2.05) is 4.57 Å². The van der Waals surface area contributed by atoms with Gasteiger partial charge < -0.3 is 19.9 Å². The van der Waals surface area contributed by atoms with Crippen LogP contribution < -0.4 is 10.5 Å². The number of nitrogens with two attached hydrogens (primary N) is 1. The lowest BCUT2D eigenvalue weighted by Crippen LogP contribution is -2.36. The minimum absolute atomic E-state index is 0. The van der Waals surface area contributed by atoms with Crippen molar-refractivity contribution in [3.8, 4) is 0 Å². The number of hydrogen-bond donors (Lipinski definition) is 3. The van der Waals surface area contributed by atoms with Crippen molar-refractivity contribution in [3.63, 3.8) is 0 Å². The maximum absolute atomic E-state index is 11.4. The molecule has 0 amide bonds. The van der Waals surface area contributed by atoms with E-state index in [4.69, 9.17) is 5.14 Å². The number of sulfonamides is 1. The number of imidazole rings is 1. The van der Waals surface area contributed by atoms with Gasteiger partial charge in [-0.2, -0.15) is 0 Å². The van der Waals surface area contributed by atoms with Gasteiger partial charge in [-0.05, 0) is 30.8 Å². The zero-order chi connectivity index (χ0) is 21.7. The van der Waals surface area contributed by atoms with Gasteiger partial charge in [0.25, 0.3) is 0 Å². The molecule has 0 saturated carbocycles. The summed E-state index contributed by atoms with van der Waals surface area (Å²) < 4.78 is 24.6. The topological polar surface area (TPSA) is 139 Å². The molecule has 2 heterocycles. The van der Waals surface area contributed by atoms with Gasteiger partial charge in [0.2, 0.25) is 10.0 Å². The van der Waals surface area contributed by atoms with Crippen LogP contribution in [0.5, 0.6) is 0 Å². The van der Waals surface area contributed by atoms with Gasteiger partial charge in [0.1, 0.15) is 11.8 Å². The molecule has 12 heteroatoms. The van der Waals surface area contributed by atoms with Gasteiger partial charge in [-0.1, -0.05) is 26.0 Å². The van der Waals surface area contributed by atoms with Crippen molar-refractivity contribution in [2.45, 2.75) is 31.4 Å². The maximum Gasteiger partial charge on any atom is 0.238 e. The monoisotopic (exact) mass is 469 g/mol. The first kappa shape index (κ1) is 25.0. The lowest BCUT2D eigenvalue weighted by molar-refractivity contribution is 0.128. The summed E-state index contributed by atoms with van der Waals surface area (Å²) in [5.74, 6) is 0.557. The molecule has 0 saturated heterocycles. The molecule has 3 rings (SSSR count). The van der Waals surface area contributed by atoms with Gasteiger partial charge >= 0.3 is 0 Å². The van der Waals surface area contributed by atoms with Gasteiger partial charge in [0, 0.05) is 13.1 Å². The quantitative estimate of drug-likeness (QED) is 0.400. The standard InChI is InChI=1S/C19H27N7O3S.ClH/c1-3-25(4-2)11-15(27)9-21-18-17-19(23-12-22-18)26(13-24-17)10-14-5-7-16(8-6-14)30(20,28)29;/h5-8,12-13,15,27H,3-4,9-11H2,1-2H3,(H2,20,28,29)(H,21,22,23);1H. The number of aromatic nitrogens is 4. The summed E-state index contributed by atoms with van der Waals surface area (Å²) in [6.07, 6.45) is 2.57. The highest BCUT2D eigenvalue weighted by Crippen LogP contribution is 2.19. The van der Waals surface area contributed by atoms with Crippen LogP contribution in [-0.4, -0.2) is 70.2 Å². The molecule has 10 nitrogen and oxygen atoms in total. The molecule has 0 fully saturated rings. The smallest absolute Gasteiger partial charge is 0.238 e. The van der Waals surface area contributed by atoms with Gasteiger partial charge in [-0.3, -0.25) is 0 Å². The number of nitrogens with zero attached hydrogens (tertiary/aromatic N) is 5. The first-order valence-corrected chi connectivity index (χ1v) is 11.3. The Balaban J connectivity index is 0.00000341. The molecule has 0 radical (unpaired) electrons. The van der Waals surface area contributed by atoms with E-state index in [9.17, 15) is 13.5 Å². The normalized spacial score (nSPS) is 12.7. The summed E-state index contributed by atoms with van der Waals surface area (Å²) in [4.78, 5) is 15.2. The molecule has 0 aliphatic carbocycles. The van der Waals surface area contributed by atoms with Gasteiger partial charge in [-0.25, -0.2) is 28.5 Å². The highest BCUT2D eigenvalue weighted by Gasteiger charge is 2.14. The van der Waals surface area contributed by atoms with Crippen molar-refractivity contribution < 1.29 is 13.5 Å². The minimum Gasteiger partial charge on any atom is -0.390 e. The third-order valence-corrected chi connectivity index (χ3v) is 5.80. The lowest BCUT2D eigenvalue weighted by atomic mass is 10.2. The van der Waals surface area contributed by atoms with Gasteiger partial charge in [0.15, 0.2) is 11.5 Å². The minimum atomic E-state index is -3.72. The summed E-state index contributed by atoms with van der Waals surface area (Å²) in [6.45, 7) is 7.28. The third-order valence-electron chi connectivity index (χ3n) is 4.87. The second-order valence-electron chi connectivity index (χ2n) is 6.98. The molecule has 0 bridgehead atoms. The first-order valence-electron chi connectivity index (χ1n) is 9.73. The zero-order valence-electron chi connectivity index (χ0n) is 17.5. The fourth-order valence-corrected chi connectivity index (χ4v) is 3.68. The van der Waals surface area contributed by atoms with Crippen LogP contribution in [-0.2, 0) is 16.6 Å². The number of benzene rings is 1. The van der Waals surface area contributed by atoms with Crippen molar-refractivity contribution in [1.82, 2.24) is 24.4 Å². The largest absolute Gasteiger partial charge is 0.390 e. The molecule has 2 aromatic heterocycles. The van der Waals surface area contributed by atoms with E-state index in [0.29, 0.717) is 36.6 Å². The third kappa shape index (κ3) is 6.34. The number of aliphatic hydroxyl groups is 1. The maximum atomic E-state index is 11.4. The molecule has 0 aliphatic heterocycles. The molecule has 1 aromatic carbocycles. The van der Waals surface area contributed by atoms with Crippen LogP contribution in [0.15, 0.2) is 41.8 Å². The molecule has 0 spiro atoms. The number of anilines is 1. The first-order chi connectivity index (χ1) is 14.3. The molecule has 31 heavy (non-hydrogen) atoms. The average Bonchev–Trinajstić information content (AvgIpc) is 3.13. The van der Waals surface area contributed by atoms with Crippen LogP contribution >= 0.6 is 12.4 Å². The summed E-state index contributed by atoms with van der Waals surface area (Å²) >= 11 is 0.